The van der Waals surface area contributed by atoms with E-state index < -0.39 is 23.5 Å². The normalized spacial score (nSPS) is 19.3. The highest BCUT2D eigenvalue weighted by Crippen LogP contribution is 2.27. The van der Waals surface area contributed by atoms with E-state index in [4.69, 9.17) is 9.47 Å². The maximum Gasteiger partial charge on any atom is 0.328 e. The molecule has 0 aromatic rings. The summed E-state index contributed by atoms with van der Waals surface area (Å²) in [6, 6.07) is -0.721. The lowest BCUT2D eigenvalue weighted by molar-refractivity contribution is -0.156. The highest BCUT2D eigenvalue weighted by Gasteiger charge is 2.44. The number of carbonyl (C=O) groups excluding carboxylic acids is 3. The van der Waals surface area contributed by atoms with Crippen LogP contribution in [0.1, 0.15) is 54.4 Å². The Labute approximate surface area is 156 Å². The highest BCUT2D eigenvalue weighted by molar-refractivity contribution is 5.96. The summed E-state index contributed by atoms with van der Waals surface area (Å²) >= 11 is 0. The Kier molecular flexibility index (Phi) is 8.21. The number of Topliss-reactive ketones (excluding diaryl/α,β-unsaturated/α-hetero) is 1. The van der Waals surface area contributed by atoms with Crippen LogP contribution >= 0.6 is 0 Å². The smallest absolute Gasteiger partial charge is 0.328 e. The molecule has 0 aliphatic carbocycles. The molecule has 7 heteroatoms. The molecule has 150 valence electrons. The summed E-state index contributed by atoms with van der Waals surface area (Å²) in [5.74, 6) is -1.54. The van der Waals surface area contributed by atoms with Gasteiger partial charge in [-0.3, -0.25) is 9.59 Å². The van der Waals surface area contributed by atoms with Crippen molar-refractivity contribution in [3.8, 4) is 0 Å². The molecule has 26 heavy (non-hydrogen) atoms. The van der Waals surface area contributed by atoms with Crippen LogP contribution in [0, 0.1) is 11.8 Å². The summed E-state index contributed by atoms with van der Waals surface area (Å²) in [6.07, 6.45) is 0.522. The summed E-state index contributed by atoms with van der Waals surface area (Å²) in [6.45, 7) is 11.1. The minimum Gasteiger partial charge on any atom is -0.462 e. The van der Waals surface area contributed by atoms with Gasteiger partial charge in [0.25, 0.3) is 0 Å². The van der Waals surface area contributed by atoms with Crippen molar-refractivity contribution in [3.63, 3.8) is 0 Å². The Balaban J connectivity index is 2.77. The monoisotopic (exact) mass is 371 g/mol. The molecule has 0 saturated carbocycles. The molecular weight excluding hydrogens is 338 g/mol. The minimum absolute atomic E-state index is 0.0150. The molecule has 0 radical (unpaired) electrons. The third-order valence-electron chi connectivity index (χ3n) is 4.25. The first-order chi connectivity index (χ1) is 11.9. The van der Waals surface area contributed by atoms with E-state index in [2.05, 4.69) is 0 Å². The van der Waals surface area contributed by atoms with E-state index >= 15 is 0 Å². The van der Waals surface area contributed by atoms with Gasteiger partial charge in [-0.2, -0.15) is 0 Å². The molecule has 1 heterocycles. The fraction of sp³-hybridized carbons (Fsp3) is 0.842. The molecule has 0 aromatic heterocycles. The van der Waals surface area contributed by atoms with Crippen LogP contribution in [-0.4, -0.2) is 65.2 Å². The molecule has 2 unspecified atom stereocenters. The summed E-state index contributed by atoms with van der Waals surface area (Å²) in [5.41, 5.74) is -1.50. The van der Waals surface area contributed by atoms with E-state index in [1.54, 1.807) is 0 Å². The van der Waals surface area contributed by atoms with E-state index in [0.717, 1.165) is 0 Å². The lowest BCUT2D eigenvalue weighted by Crippen LogP contribution is -2.45. The van der Waals surface area contributed by atoms with Crippen molar-refractivity contribution >= 4 is 17.7 Å². The van der Waals surface area contributed by atoms with Crippen LogP contribution < -0.4 is 0 Å². The van der Waals surface area contributed by atoms with Gasteiger partial charge in [-0.05, 0) is 40.0 Å². The average molecular weight is 371 g/mol. The van der Waals surface area contributed by atoms with Crippen LogP contribution in [0.3, 0.4) is 0 Å². The number of rotatable bonds is 10. The number of ether oxygens (including phenoxy) is 2. The van der Waals surface area contributed by atoms with Crippen molar-refractivity contribution in [2.75, 3.05) is 19.8 Å². The molecule has 0 bridgehead atoms. The Morgan fingerprint density at radius 3 is 2.35 bits per heavy atom. The second-order valence-electron chi connectivity index (χ2n) is 8.10. The van der Waals surface area contributed by atoms with Crippen LogP contribution in [0.2, 0.25) is 0 Å². The predicted molar refractivity (Wildman–Crippen MR) is 96.4 cm³/mol. The first-order valence-corrected chi connectivity index (χ1v) is 9.27. The molecule has 1 N–H and O–H groups in total. The van der Waals surface area contributed by atoms with Crippen LogP contribution in [0.5, 0.6) is 0 Å². The van der Waals surface area contributed by atoms with E-state index in [0.29, 0.717) is 13.0 Å². The molecule has 0 aromatic carbocycles. The second kappa shape index (κ2) is 9.46. The summed E-state index contributed by atoms with van der Waals surface area (Å²) in [4.78, 5) is 38.7. The third-order valence-corrected chi connectivity index (χ3v) is 4.25. The molecular formula is C19H33NO6. The van der Waals surface area contributed by atoms with Gasteiger partial charge < -0.3 is 19.5 Å². The molecule has 1 rings (SSSR count). The molecule has 1 amide bonds. The number of carbonyl (C=O) groups is 3. The van der Waals surface area contributed by atoms with E-state index in [1.807, 2.05) is 27.7 Å². The van der Waals surface area contributed by atoms with Gasteiger partial charge in [0.2, 0.25) is 5.91 Å². The van der Waals surface area contributed by atoms with Gasteiger partial charge in [-0.25, -0.2) is 4.79 Å². The number of amides is 1. The second-order valence-corrected chi connectivity index (χ2v) is 8.10. The van der Waals surface area contributed by atoms with Crippen LogP contribution in [0.25, 0.3) is 0 Å². The van der Waals surface area contributed by atoms with Crippen molar-refractivity contribution in [1.82, 2.24) is 4.90 Å². The van der Waals surface area contributed by atoms with Crippen molar-refractivity contribution in [1.29, 1.82) is 0 Å². The molecule has 0 spiro atoms. The first-order valence-electron chi connectivity index (χ1n) is 9.27. The van der Waals surface area contributed by atoms with Crippen molar-refractivity contribution in [2.24, 2.45) is 11.8 Å². The SMILES string of the molecule is CC(C)CC(C(=O)OCCOC(C)C)N1CC(C(=O)C(C)(C)O)CC1=O. The van der Waals surface area contributed by atoms with Gasteiger partial charge in [-0.15, -0.1) is 0 Å². The quantitative estimate of drug-likeness (QED) is 0.463. The number of esters is 1. The summed E-state index contributed by atoms with van der Waals surface area (Å²) in [7, 11) is 0. The maximum absolute atomic E-state index is 12.5. The topological polar surface area (TPSA) is 93.1 Å². The van der Waals surface area contributed by atoms with Gasteiger partial charge in [0, 0.05) is 18.9 Å². The zero-order chi connectivity index (χ0) is 20.1. The van der Waals surface area contributed by atoms with Crippen LogP contribution in [-0.2, 0) is 23.9 Å². The average Bonchev–Trinajstić information content (AvgIpc) is 2.88. The Bertz CT molecular complexity index is 509. The van der Waals surface area contributed by atoms with Gasteiger partial charge in [-0.1, -0.05) is 13.8 Å². The zero-order valence-corrected chi connectivity index (χ0v) is 16.8. The Morgan fingerprint density at radius 1 is 1.23 bits per heavy atom. The minimum atomic E-state index is -1.50. The van der Waals surface area contributed by atoms with Crippen LogP contribution in [0.15, 0.2) is 0 Å². The third kappa shape index (κ3) is 6.68. The fourth-order valence-corrected chi connectivity index (χ4v) is 3.03. The molecule has 2 atom stereocenters. The van der Waals surface area contributed by atoms with E-state index in [9.17, 15) is 19.5 Å². The van der Waals surface area contributed by atoms with Crippen molar-refractivity contribution in [2.45, 2.75) is 72.1 Å². The first kappa shape index (κ1) is 22.6. The standard InChI is InChI=1S/C19H33NO6/c1-12(2)9-15(18(23)26-8-7-25-13(3)4)20-11-14(10-16(20)21)17(22)19(5,6)24/h12-15,24H,7-11H2,1-6H3. The lowest BCUT2D eigenvalue weighted by atomic mass is 9.91. The number of hydrogen-bond acceptors (Lipinski definition) is 6. The number of nitrogens with zero attached hydrogens (tertiary/aromatic N) is 1. The number of hydrogen-bond donors (Lipinski definition) is 1. The predicted octanol–water partition coefficient (Wildman–Crippen LogP) is 1.56. The zero-order valence-electron chi connectivity index (χ0n) is 16.8. The molecule has 1 aliphatic rings. The van der Waals surface area contributed by atoms with Gasteiger partial charge in [0.05, 0.1) is 12.7 Å². The molecule has 1 aliphatic heterocycles. The largest absolute Gasteiger partial charge is 0.462 e. The van der Waals surface area contributed by atoms with Gasteiger partial charge in [0.1, 0.15) is 18.2 Å². The molecule has 1 saturated heterocycles. The van der Waals surface area contributed by atoms with Crippen molar-refractivity contribution in [3.05, 3.63) is 0 Å². The molecule has 7 nitrogen and oxygen atoms in total. The highest BCUT2D eigenvalue weighted by atomic mass is 16.6. The van der Waals surface area contributed by atoms with Crippen molar-refractivity contribution < 1.29 is 29.0 Å². The van der Waals surface area contributed by atoms with E-state index in [1.165, 1.54) is 18.7 Å². The van der Waals surface area contributed by atoms with Crippen LogP contribution in [0.4, 0.5) is 0 Å². The maximum atomic E-state index is 12.5. The van der Waals surface area contributed by atoms with Gasteiger partial charge >= 0.3 is 5.97 Å². The lowest BCUT2D eigenvalue weighted by Gasteiger charge is -2.28. The Morgan fingerprint density at radius 2 is 1.85 bits per heavy atom. The summed E-state index contributed by atoms with van der Waals surface area (Å²) < 4.78 is 10.6. The number of ketones is 1. The van der Waals surface area contributed by atoms with E-state index in [-0.39, 0.29) is 43.3 Å². The van der Waals surface area contributed by atoms with Gasteiger partial charge in [0.15, 0.2) is 5.78 Å². The number of likely N-dealkylation sites (tertiary alicyclic amines) is 1. The molecule has 1 fully saturated rings. The summed E-state index contributed by atoms with van der Waals surface area (Å²) in [5, 5.41) is 9.92. The number of aliphatic hydroxyl groups is 1. The fourth-order valence-electron chi connectivity index (χ4n) is 3.03. The Hall–Kier alpha value is -1.47.